The predicted molar refractivity (Wildman–Crippen MR) is 146 cm³/mol. The summed E-state index contributed by atoms with van der Waals surface area (Å²) in [7, 11) is 1.25. The zero-order valence-corrected chi connectivity index (χ0v) is 26.9. The Bertz CT molecular complexity index is 1120. The van der Waals surface area contributed by atoms with E-state index in [0.29, 0.717) is 0 Å². The van der Waals surface area contributed by atoms with E-state index < -0.39 is 122 Å². The Morgan fingerprint density at radius 3 is 1.70 bits per heavy atom. The van der Waals surface area contributed by atoms with E-state index in [9.17, 15) is 39.3 Å². The molecule has 0 amide bonds. The Morgan fingerprint density at radius 1 is 0.617 bits per heavy atom. The first-order chi connectivity index (χ1) is 22.0. The largest absolute Gasteiger partial charge is 0.463 e. The number of carbonyl (C=O) groups excluding carboxylic acids is 5. The second kappa shape index (κ2) is 16.9. The maximum Gasteiger partial charge on any atom is 0.303 e. The van der Waals surface area contributed by atoms with Crippen LogP contribution in [0.25, 0.3) is 0 Å². The van der Waals surface area contributed by atoms with Gasteiger partial charge in [-0.1, -0.05) is 0 Å². The number of carbonyl (C=O) groups is 5. The highest BCUT2D eigenvalue weighted by Gasteiger charge is 2.57. The molecule has 0 aromatic rings. The Kier molecular flexibility index (Phi) is 13.8. The van der Waals surface area contributed by atoms with Gasteiger partial charge in [-0.05, 0) is 6.92 Å². The summed E-state index contributed by atoms with van der Waals surface area (Å²) >= 11 is 0. The van der Waals surface area contributed by atoms with E-state index in [2.05, 4.69) is 0 Å². The Labute approximate surface area is 269 Å². The third kappa shape index (κ3) is 10.00. The van der Waals surface area contributed by atoms with Gasteiger partial charge < -0.3 is 67.4 Å². The fourth-order valence-electron chi connectivity index (χ4n) is 5.30. The molecule has 47 heavy (non-hydrogen) atoms. The average Bonchev–Trinajstić information content (AvgIpc) is 2.97. The van der Waals surface area contributed by atoms with Crippen LogP contribution in [0, 0.1) is 0 Å². The number of aliphatic hydroxyl groups is 3. The highest BCUT2D eigenvalue weighted by molar-refractivity contribution is 5.68. The molecule has 3 aliphatic rings. The second-order valence-corrected chi connectivity index (χ2v) is 11.0. The molecule has 0 saturated carbocycles. The van der Waals surface area contributed by atoms with E-state index in [-0.39, 0.29) is 6.61 Å². The van der Waals surface area contributed by atoms with Crippen LogP contribution in [0.2, 0.25) is 0 Å². The first-order valence-electron chi connectivity index (χ1n) is 14.7. The predicted octanol–water partition coefficient (Wildman–Crippen LogP) is -2.40. The lowest BCUT2D eigenvalue weighted by Gasteiger charge is -2.49. The van der Waals surface area contributed by atoms with Crippen LogP contribution in [0.5, 0.6) is 0 Å². The Balaban J connectivity index is 2.12. The molecule has 14 atom stereocenters. The molecule has 0 spiro atoms. The standard InChI is InChI=1S/C28H42O19/c1-10-18(34)19(35)20(36)26(40-10)46-25-23(44-15(6)33)21(42-13(4)31)17(8-38-11(2)29)45-28(25)47-24-22(43-14(5)32)16(41-12(3)30)9-39-27(24)37-7/h10,16-28,34-36H,8-9H2,1-7H3/t10-,16+,17+,18+,19+,20-,21-,22-,23-,24+,25+,26-,27+,28-/m0/s1. The van der Waals surface area contributed by atoms with E-state index in [1.165, 1.54) is 14.0 Å². The fraction of sp³-hybridized carbons (Fsp3) is 0.821. The van der Waals surface area contributed by atoms with Crippen molar-refractivity contribution in [3.63, 3.8) is 0 Å². The van der Waals surface area contributed by atoms with Gasteiger partial charge in [0.2, 0.25) is 0 Å². The zero-order chi connectivity index (χ0) is 35.2. The molecule has 3 N–H and O–H groups in total. The molecule has 3 fully saturated rings. The van der Waals surface area contributed by atoms with Crippen molar-refractivity contribution in [3.05, 3.63) is 0 Å². The molecule has 19 heteroatoms. The van der Waals surface area contributed by atoms with Gasteiger partial charge >= 0.3 is 29.8 Å². The average molecular weight is 683 g/mol. The van der Waals surface area contributed by atoms with Gasteiger partial charge in [0.05, 0.1) is 12.7 Å². The summed E-state index contributed by atoms with van der Waals surface area (Å²) in [6.45, 7) is 5.99. The summed E-state index contributed by atoms with van der Waals surface area (Å²) in [5.74, 6) is -4.03. The van der Waals surface area contributed by atoms with Crippen molar-refractivity contribution < 1.29 is 91.4 Å². The molecule has 0 radical (unpaired) electrons. The van der Waals surface area contributed by atoms with Gasteiger partial charge in [-0.3, -0.25) is 24.0 Å². The van der Waals surface area contributed by atoms with Crippen molar-refractivity contribution >= 4 is 29.8 Å². The van der Waals surface area contributed by atoms with Crippen molar-refractivity contribution in [3.8, 4) is 0 Å². The van der Waals surface area contributed by atoms with Crippen LogP contribution in [0.3, 0.4) is 0 Å². The molecule has 0 bridgehead atoms. The van der Waals surface area contributed by atoms with Gasteiger partial charge in [0.15, 0.2) is 55.5 Å². The molecule has 3 saturated heterocycles. The van der Waals surface area contributed by atoms with Gasteiger partial charge in [-0.2, -0.15) is 0 Å². The summed E-state index contributed by atoms with van der Waals surface area (Å²) in [5, 5.41) is 31.4. The van der Waals surface area contributed by atoms with Crippen LogP contribution in [-0.4, -0.2) is 152 Å². The van der Waals surface area contributed by atoms with E-state index in [0.717, 1.165) is 34.6 Å². The Morgan fingerprint density at radius 2 is 1.15 bits per heavy atom. The lowest BCUT2D eigenvalue weighted by Crippen LogP contribution is -2.67. The molecule has 3 heterocycles. The van der Waals surface area contributed by atoms with Crippen LogP contribution in [0.15, 0.2) is 0 Å². The summed E-state index contributed by atoms with van der Waals surface area (Å²) in [6.07, 6.45) is -21.2. The zero-order valence-electron chi connectivity index (χ0n) is 26.9. The molecular weight excluding hydrogens is 640 g/mol. The number of hydrogen-bond donors (Lipinski definition) is 3. The third-order valence-corrected chi connectivity index (χ3v) is 7.27. The summed E-state index contributed by atoms with van der Waals surface area (Å²) in [4.78, 5) is 60.4. The molecule has 19 nitrogen and oxygen atoms in total. The number of ether oxygens (including phenoxy) is 11. The quantitative estimate of drug-likeness (QED) is 0.152. The van der Waals surface area contributed by atoms with Crippen molar-refractivity contribution in [2.24, 2.45) is 0 Å². The number of esters is 5. The minimum atomic E-state index is -1.86. The van der Waals surface area contributed by atoms with E-state index in [1.54, 1.807) is 0 Å². The lowest BCUT2D eigenvalue weighted by atomic mass is 9.96. The summed E-state index contributed by atoms with van der Waals surface area (Å²) < 4.78 is 61.8. The maximum absolute atomic E-state index is 12.4. The highest BCUT2D eigenvalue weighted by Crippen LogP contribution is 2.35. The SMILES string of the molecule is CO[C@@H]1OC[C@@H](OC(C)=O)[C@H](OC(C)=O)[C@H]1O[C@@H]1O[C@H](COC(C)=O)[C@H](OC(C)=O)[C@H](OC(C)=O)[C@H]1O[C@@H]1O[C@@H](C)[C@@H](O)[C@@H](O)[C@@H]1O. The van der Waals surface area contributed by atoms with E-state index in [1.807, 2.05) is 0 Å². The summed E-state index contributed by atoms with van der Waals surface area (Å²) in [5.41, 5.74) is 0. The van der Waals surface area contributed by atoms with Crippen molar-refractivity contribution in [1.29, 1.82) is 0 Å². The normalized spacial score (nSPS) is 38.9. The first-order valence-corrected chi connectivity index (χ1v) is 14.7. The Hall–Kier alpha value is -3.01. The van der Waals surface area contributed by atoms with Crippen LogP contribution in [0.1, 0.15) is 41.5 Å². The van der Waals surface area contributed by atoms with Crippen molar-refractivity contribution in [1.82, 2.24) is 0 Å². The van der Waals surface area contributed by atoms with Gasteiger partial charge in [0.25, 0.3) is 0 Å². The van der Waals surface area contributed by atoms with E-state index >= 15 is 0 Å². The molecular formula is C28H42O19. The molecule has 0 aromatic carbocycles. The molecule has 0 unspecified atom stereocenters. The minimum absolute atomic E-state index is 0.277. The fourth-order valence-corrected chi connectivity index (χ4v) is 5.30. The number of aliphatic hydroxyl groups excluding tert-OH is 3. The van der Waals surface area contributed by atoms with Crippen LogP contribution in [-0.2, 0) is 76.1 Å². The molecule has 0 aliphatic carbocycles. The van der Waals surface area contributed by atoms with Gasteiger partial charge in [-0.15, -0.1) is 0 Å². The first kappa shape index (κ1) is 38.4. The summed E-state index contributed by atoms with van der Waals surface area (Å²) in [6, 6.07) is 0. The topological polar surface area (TPSA) is 248 Å². The minimum Gasteiger partial charge on any atom is -0.463 e. The number of rotatable bonds is 11. The third-order valence-electron chi connectivity index (χ3n) is 7.27. The molecule has 3 aliphatic heterocycles. The maximum atomic E-state index is 12.4. The molecule has 0 aromatic heterocycles. The van der Waals surface area contributed by atoms with Crippen LogP contribution in [0.4, 0.5) is 0 Å². The monoisotopic (exact) mass is 682 g/mol. The number of hydrogen-bond acceptors (Lipinski definition) is 19. The van der Waals surface area contributed by atoms with Gasteiger partial charge in [0.1, 0.15) is 31.0 Å². The van der Waals surface area contributed by atoms with E-state index in [4.69, 9.17) is 52.1 Å². The second-order valence-electron chi connectivity index (χ2n) is 11.0. The van der Waals surface area contributed by atoms with Crippen molar-refractivity contribution in [2.75, 3.05) is 20.3 Å². The lowest BCUT2D eigenvalue weighted by molar-refractivity contribution is -0.386. The highest BCUT2D eigenvalue weighted by atomic mass is 16.8. The van der Waals surface area contributed by atoms with Gasteiger partial charge in [-0.25, -0.2) is 0 Å². The smallest absolute Gasteiger partial charge is 0.303 e. The van der Waals surface area contributed by atoms with Crippen LogP contribution < -0.4 is 0 Å². The van der Waals surface area contributed by atoms with Crippen LogP contribution >= 0.6 is 0 Å². The number of methoxy groups -OCH3 is 1. The molecule has 3 rings (SSSR count). The van der Waals surface area contributed by atoms with Gasteiger partial charge in [0, 0.05) is 41.7 Å². The molecule has 268 valence electrons. The van der Waals surface area contributed by atoms with Crippen molar-refractivity contribution in [2.45, 2.75) is 128 Å².